The minimum absolute atomic E-state index is 0.187. The first kappa shape index (κ1) is 11.1. The minimum Gasteiger partial charge on any atom is -0.351 e. The fourth-order valence-electron chi connectivity index (χ4n) is 1.87. The monoisotopic (exact) mass is 223 g/mol. The standard InChI is InChI=1S/C11H17N3O2/c1-8-6-10(16-14-8)11(15)13-7-9-4-2-3-5-12-9/h6,9,12H,2-5,7H2,1H3,(H,13,15). The third kappa shape index (κ3) is 2.82. The first-order valence-corrected chi connectivity index (χ1v) is 5.70. The summed E-state index contributed by atoms with van der Waals surface area (Å²) in [6.45, 7) is 3.49. The second-order valence-electron chi connectivity index (χ2n) is 4.19. The van der Waals surface area contributed by atoms with Gasteiger partial charge in [0.2, 0.25) is 5.76 Å². The Hall–Kier alpha value is -1.36. The molecule has 0 radical (unpaired) electrons. The molecule has 5 nitrogen and oxygen atoms in total. The van der Waals surface area contributed by atoms with Gasteiger partial charge in [-0.05, 0) is 26.3 Å². The molecule has 1 amide bonds. The Morgan fingerprint density at radius 2 is 2.56 bits per heavy atom. The van der Waals surface area contributed by atoms with Crippen molar-refractivity contribution in [2.45, 2.75) is 32.2 Å². The predicted molar refractivity (Wildman–Crippen MR) is 59.2 cm³/mol. The highest BCUT2D eigenvalue weighted by Crippen LogP contribution is 2.06. The van der Waals surface area contributed by atoms with E-state index in [9.17, 15) is 4.79 Å². The molecule has 16 heavy (non-hydrogen) atoms. The summed E-state index contributed by atoms with van der Waals surface area (Å²) in [6, 6.07) is 2.03. The van der Waals surface area contributed by atoms with Crippen molar-refractivity contribution in [3.63, 3.8) is 0 Å². The van der Waals surface area contributed by atoms with Crippen molar-refractivity contribution in [2.24, 2.45) is 0 Å². The predicted octanol–water partition coefficient (Wildman–Crippen LogP) is 0.855. The quantitative estimate of drug-likeness (QED) is 0.797. The summed E-state index contributed by atoms with van der Waals surface area (Å²) >= 11 is 0. The number of carbonyl (C=O) groups excluding carboxylic acids is 1. The molecule has 1 fully saturated rings. The van der Waals surface area contributed by atoms with Crippen LogP contribution in [0.2, 0.25) is 0 Å². The van der Waals surface area contributed by atoms with Gasteiger partial charge in [0.25, 0.3) is 5.91 Å². The smallest absolute Gasteiger partial charge is 0.289 e. The molecule has 1 aliphatic heterocycles. The van der Waals surface area contributed by atoms with E-state index in [0.29, 0.717) is 12.6 Å². The van der Waals surface area contributed by atoms with Crippen LogP contribution in [0.15, 0.2) is 10.6 Å². The molecule has 5 heteroatoms. The maximum absolute atomic E-state index is 11.6. The molecule has 2 rings (SSSR count). The number of hydrogen-bond acceptors (Lipinski definition) is 4. The summed E-state index contributed by atoms with van der Waals surface area (Å²) in [5, 5.41) is 9.90. The number of aryl methyl sites for hydroxylation is 1. The van der Waals surface area contributed by atoms with Crippen molar-refractivity contribution < 1.29 is 9.32 Å². The molecule has 0 aliphatic carbocycles. The zero-order chi connectivity index (χ0) is 11.4. The van der Waals surface area contributed by atoms with Gasteiger partial charge < -0.3 is 15.2 Å². The second-order valence-corrected chi connectivity index (χ2v) is 4.19. The Balaban J connectivity index is 1.79. The lowest BCUT2D eigenvalue weighted by Crippen LogP contribution is -2.43. The van der Waals surface area contributed by atoms with E-state index >= 15 is 0 Å². The number of hydrogen-bond donors (Lipinski definition) is 2. The normalized spacial score (nSPS) is 20.7. The number of rotatable bonds is 3. The van der Waals surface area contributed by atoms with Crippen LogP contribution in [0.3, 0.4) is 0 Å². The van der Waals surface area contributed by atoms with Crippen LogP contribution in [0.5, 0.6) is 0 Å². The number of piperidine rings is 1. The number of nitrogens with one attached hydrogen (secondary N) is 2. The van der Waals surface area contributed by atoms with E-state index in [4.69, 9.17) is 4.52 Å². The highest BCUT2D eigenvalue weighted by molar-refractivity contribution is 5.91. The largest absolute Gasteiger partial charge is 0.351 e. The van der Waals surface area contributed by atoms with E-state index in [0.717, 1.165) is 18.7 Å². The third-order valence-electron chi connectivity index (χ3n) is 2.77. The van der Waals surface area contributed by atoms with Crippen LogP contribution in [0.4, 0.5) is 0 Å². The molecular weight excluding hydrogens is 206 g/mol. The number of nitrogens with zero attached hydrogens (tertiary/aromatic N) is 1. The van der Waals surface area contributed by atoms with Gasteiger partial charge in [-0.25, -0.2) is 0 Å². The van der Waals surface area contributed by atoms with Gasteiger partial charge in [-0.1, -0.05) is 11.6 Å². The van der Waals surface area contributed by atoms with Crippen molar-refractivity contribution in [2.75, 3.05) is 13.1 Å². The molecular formula is C11H17N3O2. The SMILES string of the molecule is Cc1cc(C(=O)NCC2CCCCN2)on1. The molecule has 0 spiro atoms. The van der Waals surface area contributed by atoms with Crippen LogP contribution in [0.25, 0.3) is 0 Å². The summed E-state index contributed by atoms with van der Waals surface area (Å²) in [5.74, 6) is 0.0984. The van der Waals surface area contributed by atoms with Crippen molar-refractivity contribution in [1.29, 1.82) is 0 Å². The average molecular weight is 223 g/mol. The summed E-state index contributed by atoms with van der Waals surface area (Å²) in [4.78, 5) is 11.6. The molecule has 2 heterocycles. The van der Waals surface area contributed by atoms with E-state index < -0.39 is 0 Å². The van der Waals surface area contributed by atoms with Crippen LogP contribution < -0.4 is 10.6 Å². The topological polar surface area (TPSA) is 67.2 Å². The highest BCUT2D eigenvalue weighted by Gasteiger charge is 2.16. The summed E-state index contributed by atoms with van der Waals surface area (Å²) in [6.07, 6.45) is 3.58. The fraction of sp³-hybridized carbons (Fsp3) is 0.636. The van der Waals surface area contributed by atoms with E-state index in [1.807, 2.05) is 0 Å². The first-order chi connectivity index (χ1) is 7.75. The minimum atomic E-state index is -0.187. The summed E-state index contributed by atoms with van der Waals surface area (Å²) in [5.41, 5.74) is 0.723. The van der Waals surface area contributed by atoms with Crippen LogP contribution in [0.1, 0.15) is 35.5 Å². The van der Waals surface area contributed by atoms with E-state index in [-0.39, 0.29) is 11.7 Å². The molecule has 1 atom stereocenters. The van der Waals surface area contributed by atoms with Gasteiger partial charge in [0.1, 0.15) is 0 Å². The fourth-order valence-corrected chi connectivity index (χ4v) is 1.87. The zero-order valence-corrected chi connectivity index (χ0v) is 9.45. The Kier molecular flexibility index (Phi) is 3.56. The Morgan fingerprint density at radius 3 is 3.19 bits per heavy atom. The van der Waals surface area contributed by atoms with Crippen molar-refractivity contribution in [3.8, 4) is 0 Å². The van der Waals surface area contributed by atoms with Gasteiger partial charge in [0.15, 0.2) is 0 Å². The number of amides is 1. The summed E-state index contributed by atoms with van der Waals surface area (Å²) < 4.78 is 4.88. The van der Waals surface area contributed by atoms with Crippen molar-refractivity contribution in [1.82, 2.24) is 15.8 Å². The van der Waals surface area contributed by atoms with Crippen LogP contribution >= 0.6 is 0 Å². The molecule has 1 saturated heterocycles. The molecule has 0 aromatic carbocycles. The summed E-state index contributed by atoms with van der Waals surface area (Å²) in [7, 11) is 0. The molecule has 1 aliphatic rings. The van der Waals surface area contributed by atoms with E-state index in [2.05, 4.69) is 15.8 Å². The second kappa shape index (κ2) is 5.12. The van der Waals surface area contributed by atoms with Gasteiger partial charge >= 0.3 is 0 Å². The van der Waals surface area contributed by atoms with Gasteiger partial charge in [-0.2, -0.15) is 0 Å². The Labute approximate surface area is 94.6 Å². The van der Waals surface area contributed by atoms with E-state index in [1.54, 1.807) is 13.0 Å². The average Bonchev–Trinajstić information content (AvgIpc) is 2.74. The lowest BCUT2D eigenvalue weighted by Gasteiger charge is -2.23. The lowest BCUT2D eigenvalue weighted by atomic mass is 10.1. The van der Waals surface area contributed by atoms with Gasteiger partial charge in [0, 0.05) is 18.7 Å². The zero-order valence-electron chi connectivity index (χ0n) is 9.45. The molecule has 1 aromatic heterocycles. The van der Waals surface area contributed by atoms with Gasteiger partial charge in [-0.3, -0.25) is 4.79 Å². The van der Waals surface area contributed by atoms with Crippen molar-refractivity contribution in [3.05, 3.63) is 17.5 Å². The molecule has 88 valence electrons. The third-order valence-corrected chi connectivity index (χ3v) is 2.77. The Bertz CT molecular complexity index is 356. The van der Waals surface area contributed by atoms with Crippen LogP contribution in [-0.2, 0) is 0 Å². The first-order valence-electron chi connectivity index (χ1n) is 5.70. The maximum atomic E-state index is 11.6. The molecule has 0 saturated carbocycles. The highest BCUT2D eigenvalue weighted by atomic mass is 16.5. The lowest BCUT2D eigenvalue weighted by molar-refractivity contribution is 0.0911. The van der Waals surface area contributed by atoms with E-state index in [1.165, 1.54) is 12.8 Å². The van der Waals surface area contributed by atoms with Crippen LogP contribution in [-0.4, -0.2) is 30.2 Å². The molecule has 1 unspecified atom stereocenters. The maximum Gasteiger partial charge on any atom is 0.289 e. The number of carbonyl (C=O) groups is 1. The van der Waals surface area contributed by atoms with Crippen LogP contribution in [0, 0.1) is 6.92 Å². The number of aromatic nitrogens is 1. The van der Waals surface area contributed by atoms with Gasteiger partial charge in [0.05, 0.1) is 5.69 Å². The Morgan fingerprint density at radius 1 is 1.69 bits per heavy atom. The van der Waals surface area contributed by atoms with Gasteiger partial charge in [-0.15, -0.1) is 0 Å². The molecule has 1 aromatic rings. The molecule has 0 bridgehead atoms. The van der Waals surface area contributed by atoms with Crippen molar-refractivity contribution >= 4 is 5.91 Å². The molecule has 2 N–H and O–H groups in total.